The molecule has 0 N–H and O–H groups in total. The first kappa shape index (κ1) is 12.4. The predicted octanol–water partition coefficient (Wildman–Crippen LogP) is 1.91. The minimum Gasteiger partial charge on any atom is -0.331 e. The van der Waals surface area contributed by atoms with Gasteiger partial charge in [0.15, 0.2) is 5.83 Å². The van der Waals surface area contributed by atoms with Gasteiger partial charge in [0.25, 0.3) is 5.91 Å². The van der Waals surface area contributed by atoms with E-state index in [1.54, 1.807) is 17.0 Å². The Morgan fingerprint density at radius 3 is 2.79 bits per heavy atom. The van der Waals surface area contributed by atoms with Gasteiger partial charge in [0.1, 0.15) is 0 Å². The third-order valence-electron chi connectivity index (χ3n) is 3.90. The highest BCUT2D eigenvalue weighted by molar-refractivity contribution is 5.95. The largest absolute Gasteiger partial charge is 0.331 e. The Morgan fingerprint density at radius 2 is 2.00 bits per heavy atom. The van der Waals surface area contributed by atoms with Crippen LogP contribution in [0.4, 0.5) is 4.39 Å². The number of carbonyl (C=O) groups is 1. The van der Waals surface area contributed by atoms with Crippen LogP contribution in [0.25, 0.3) is 6.08 Å². The molecule has 0 spiro atoms. The predicted molar refractivity (Wildman–Crippen MR) is 72.1 cm³/mol. The molecule has 0 aromatic heterocycles. The number of amides is 1. The van der Waals surface area contributed by atoms with Gasteiger partial charge in [-0.25, -0.2) is 4.39 Å². The van der Waals surface area contributed by atoms with Crippen molar-refractivity contribution < 1.29 is 9.18 Å². The Labute approximate surface area is 112 Å². The molecular weight excluding hydrogens is 243 g/mol. The van der Waals surface area contributed by atoms with E-state index in [9.17, 15) is 9.18 Å². The van der Waals surface area contributed by atoms with Gasteiger partial charge in [-0.15, -0.1) is 0 Å². The lowest BCUT2D eigenvalue weighted by Crippen LogP contribution is -2.49. The highest BCUT2D eigenvalue weighted by atomic mass is 19.1. The van der Waals surface area contributed by atoms with E-state index < -0.39 is 11.7 Å². The van der Waals surface area contributed by atoms with Gasteiger partial charge in [-0.1, -0.05) is 30.3 Å². The van der Waals surface area contributed by atoms with Crippen molar-refractivity contribution in [2.45, 2.75) is 12.5 Å². The molecule has 2 fully saturated rings. The Hall–Kier alpha value is -1.68. The zero-order valence-corrected chi connectivity index (χ0v) is 10.8. The Morgan fingerprint density at radius 1 is 1.21 bits per heavy atom. The monoisotopic (exact) mass is 260 g/mol. The average Bonchev–Trinajstić information content (AvgIpc) is 2.81. The second-order valence-electron chi connectivity index (χ2n) is 5.14. The number of rotatable bonds is 2. The number of benzene rings is 1. The van der Waals surface area contributed by atoms with E-state index in [1.165, 1.54) is 6.08 Å². The lowest BCUT2D eigenvalue weighted by molar-refractivity contribution is -0.131. The third kappa shape index (κ3) is 2.54. The number of carbonyl (C=O) groups excluding carboxylic acids is 1. The van der Waals surface area contributed by atoms with Crippen LogP contribution in [0.3, 0.4) is 0 Å². The van der Waals surface area contributed by atoms with Gasteiger partial charge in [0.2, 0.25) is 0 Å². The van der Waals surface area contributed by atoms with Crippen LogP contribution in [0.2, 0.25) is 0 Å². The third-order valence-corrected chi connectivity index (χ3v) is 3.90. The molecule has 2 aliphatic heterocycles. The molecule has 0 radical (unpaired) electrons. The minimum absolute atomic E-state index is 0.191. The lowest BCUT2D eigenvalue weighted by Gasteiger charge is -2.33. The van der Waals surface area contributed by atoms with E-state index in [1.807, 2.05) is 18.2 Å². The second-order valence-corrected chi connectivity index (χ2v) is 5.14. The first-order valence-electron chi connectivity index (χ1n) is 6.69. The molecule has 2 bridgehead atoms. The zero-order chi connectivity index (χ0) is 13.2. The van der Waals surface area contributed by atoms with Gasteiger partial charge >= 0.3 is 0 Å². The maximum absolute atomic E-state index is 14.0. The Balaban J connectivity index is 1.74. The van der Waals surface area contributed by atoms with E-state index >= 15 is 0 Å². The molecule has 3 rings (SSSR count). The topological polar surface area (TPSA) is 23.6 Å². The summed E-state index contributed by atoms with van der Waals surface area (Å²) in [5.41, 5.74) is 0.721. The summed E-state index contributed by atoms with van der Waals surface area (Å²) in [7, 11) is 0. The van der Waals surface area contributed by atoms with Crippen LogP contribution in [0.1, 0.15) is 12.0 Å². The molecular formula is C15H17FN2O. The quantitative estimate of drug-likeness (QED) is 0.758. The first-order chi connectivity index (χ1) is 9.24. The number of fused-ring (bicyclic) bond motifs is 2. The number of hydrogen-bond acceptors (Lipinski definition) is 2. The molecule has 2 heterocycles. The Kier molecular flexibility index (Phi) is 3.34. The van der Waals surface area contributed by atoms with E-state index in [-0.39, 0.29) is 6.04 Å². The fraction of sp³-hybridized carbons (Fsp3) is 0.400. The van der Waals surface area contributed by atoms with Gasteiger partial charge in [0.05, 0.1) is 0 Å². The molecule has 1 aromatic rings. The molecule has 0 saturated carbocycles. The fourth-order valence-electron chi connectivity index (χ4n) is 2.86. The first-order valence-corrected chi connectivity index (χ1v) is 6.69. The standard InChI is InChI=1S/C15H17FN2O/c16-14(10-12-4-2-1-3-5-12)15(19)18-9-8-17-7-6-13(18)11-17/h1-5,10,13H,6-9,11H2/b14-10-. The molecule has 2 atom stereocenters. The normalized spacial score (nSPS) is 26.6. The Bertz CT molecular complexity index is 500. The molecule has 2 saturated heterocycles. The maximum atomic E-state index is 14.0. The number of nitrogens with zero attached hydrogens (tertiary/aromatic N) is 2. The fourth-order valence-corrected chi connectivity index (χ4v) is 2.86. The minimum atomic E-state index is -0.661. The molecule has 19 heavy (non-hydrogen) atoms. The van der Waals surface area contributed by atoms with E-state index in [0.29, 0.717) is 6.54 Å². The molecule has 1 amide bonds. The van der Waals surface area contributed by atoms with Crippen molar-refractivity contribution in [3.63, 3.8) is 0 Å². The number of halogens is 1. The van der Waals surface area contributed by atoms with Crippen molar-refractivity contribution >= 4 is 12.0 Å². The summed E-state index contributed by atoms with van der Waals surface area (Å²) >= 11 is 0. The highest BCUT2D eigenvalue weighted by Gasteiger charge is 2.36. The summed E-state index contributed by atoms with van der Waals surface area (Å²) in [4.78, 5) is 16.2. The van der Waals surface area contributed by atoms with Gasteiger partial charge < -0.3 is 4.90 Å². The van der Waals surface area contributed by atoms with Crippen LogP contribution in [0.5, 0.6) is 0 Å². The van der Waals surface area contributed by atoms with Crippen molar-refractivity contribution in [1.82, 2.24) is 9.80 Å². The van der Waals surface area contributed by atoms with E-state index in [4.69, 9.17) is 0 Å². The number of piperazine rings is 1. The average molecular weight is 260 g/mol. The molecule has 0 aliphatic carbocycles. The van der Waals surface area contributed by atoms with Crippen molar-refractivity contribution in [1.29, 1.82) is 0 Å². The maximum Gasteiger partial charge on any atom is 0.282 e. The van der Waals surface area contributed by atoms with E-state index in [0.717, 1.165) is 31.6 Å². The highest BCUT2D eigenvalue weighted by Crippen LogP contribution is 2.23. The molecule has 100 valence electrons. The number of hydrogen-bond donors (Lipinski definition) is 0. The molecule has 4 heteroatoms. The summed E-state index contributed by atoms with van der Waals surface area (Å²) in [6, 6.07) is 9.31. The summed E-state index contributed by atoms with van der Waals surface area (Å²) in [6.45, 7) is 3.42. The second kappa shape index (κ2) is 5.13. The molecule has 1 aromatic carbocycles. The van der Waals surface area contributed by atoms with Gasteiger partial charge in [0, 0.05) is 32.2 Å². The van der Waals surface area contributed by atoms with Gasteiger partial charge in [-0.2, -0.15) is 0 Å². The lowest BCUT2D eigenvalue weighted by atomic mass is 10.1. The van der Waals surface area contributed by atoms with Crippen molar-refractivity contribution in [2.24, 2.45) is 0 Å². The summed E-state index contributed by atoms with van der Waals surface area (Å²) in [5.74, 6) is -1.12. The van der Waals surface area contributed by atoms with Crippen LogP contribution in [0, 0.1) is 0 Å². The van der Waals surface area contributed by atoms with Crippen LogP contribution in [-0.4, -0.2) is 47.9 Å². The molecule has 3 nitrogen and oxygen atoms in total. The van der Waals surface area contributed by atoms with Crippen molar-refractivity contribution in [2.75, 3.05) is 26.2 Å². The summed E-state index contributed by atoms with van der Waals surface area (Å²) in [6.07, 6.45) is 2.29. The van der Waals surface area contributed by atoms with E-state index in [2.05, 4.69) is 4.90 Å². The van der Waals surface area contributed by atoms with Crippen molar-refractivity contribution in [3.05, 3.63) is 41.7 Å². The molecule has 2 aliphatic rings. The van der Waals surface area contributed by atoms with Crippen LogP contribution >= 0.6 is 0 Å². The molecule has 2 unspecified atom stereocenters. The zero-order valence-electron chi connectivity index (χ0n) is 10.8. The van der Waals surface area contributed by atoms with Crippen LogP contribution < -0.4 is 0 Å². The SMILES string of the molecule is O=C(/C(F)=C/c1ccccc1)N1CCN2CCC1C2. The summed E-state index contributed by atoms with van der Waals surface area (Å²) in [5, 5.41) is 0. The smallest absolute Gasteiger partial charge is 0.282 e. The van der Waals surface area contributed by atoms with Crippen LogP contribution in [-0.2, 0) is 4.79 Å². The summed E-state index contributed by atoms with van der Waals surface area (Å²) < 4.78 is 14.0. The van der Waals surface area contributed by atoms with Crippen LogP contribution in [0.15, 0.2) is 36.2 Å². The van der Waals surface area contributed by atoms with Gasteiger partial charge in [-0.3, -0.25) is 9.69 Å². The van der Waals surface area contributed by atoms with Crippen molar-refractivity contribution in [3.8, 4) is 0 Å². The van der Waals surface area contributed by atoms with Gasteiger partial charge in [-0.05, 0) is 18.1 Å².